The van der Waals surface area contributed by atoms with E-state index < -0.39 is 0 Å². The van der Waals surface area contributed by atoms with Crippen molar-refractivity contribution in [3.8, 4) is 0 Å². The first-order valence-corrected chi connectivity index (χ1v) is 10.0. The molecule has 0 unspecified atom stereocenters. The maximum Gasteiger partial charge on any atom is 0.409 e. The topological polar surface area (TPSA) is 96.5 Å². The Hall–Kier alpha value is -3.16. The SMILES string of the molecule is CCOC(=O)N1CCC(NC(=O)c2ccc(Nc3ccccc3CC)nn2)CC1. The van der Waals surface area contributed by atoms with Gasteiger partial charge in [0, 0.05) is 24.8 Å². The van der Waals surface area contributed by atoms with Crippen LogP contribution in [0, 0.1) is 0 Å². The number of para-hydroxylation sites is 1. The van der Waals surface area contributed by atoms with Crippen molar-refractivity contribution in [2.45, 2.75) is 39.2 Å². The maximum atomic E-state index is 12.5. The summed E-state index contributed by atoms with van der Waals surface area (Å²) in [6, 6.07) is 11.4. The van der Waals surface area contributed by atoms with Crippen LogP contribution in [0.3, 0.4) is 0 Å². The van der Waals surface area contributed by atoms with E-state index in [4.69, 9.17) is 4.74 Å². The van der Waals surface area contributed by atoms with Gasteiger partial charge in [-0.2, -0.15) is 0 Å². The highest BCUT2D eigenvalue weighted by Gasteiger charge is 2.25. The molecular weight excluding hydrogens is 370 g/mol. The number of rotatable bonds is 6. The number of carbonyl (C=O) groups is 2. The van der Waals surface area contributed by atoms with Crippen LogP contribution in [0.2, 0.25) is 0 Å². The lowest BCUT2D eigenvalue weighted by atomic mass is 10.1. The Morgan fingerprint density at radius 2 is 1.86 bits per heavy atom. The smallest absolute Gasteiger partial charge is 0.409 e. The summed E-state index contributed by atoms with van der Waals surface area (Å²) in [5.41, 5.74) is 2.44. The Labute approximate surface area is 170 Å². The lowest BCUT2D eigenvalue weighted by Crippen LogP contribution is -2.46. The lowest BCUT2D eigenvalue weighted by molar-refractivity contribution is 0.0856. The number of nitrogens with one attached hydrogen (secondary N) is 2. The number of anilines is 2. The minimum absolute atomic E-state index is 0.00390. The third-order valence-corrected chi connectivity index (χ3v) is 4.91. The second kappa shape index (κ2) is 9.86. The Morgan fingerprint density at radius 1 is 1.10 bits per heavy atom. The molecular formula is C21H27N5O3. The van der Waals surface area contributed by atoms with E-state index in [0.29, 0.717) is 38.4 Å². The minimum atomic E-state index is -0.295. The number of amides is 2. The first kappa shape index (κ1) is 20.6. The zero-order chi connectivity index (χ0) is 20.6. The van der Waals surface area contributed by atoms with E-state index in [0.717, 1.165) is 12.1 Å². The van der Waals surface area contributed by atoms with Crippen LogP contribution in [0.4, 0.5) is 16.3 Å². The Bertz CT molecular complexity index is 832. The fourth-order valence-corrected chi connectivity index (χ4v) is 3.29. The fourth-order valence-electron chi connectivity index (χ4n) is 3.29. The first-order chi connectivity index (χ1) is 14.1. The van der Waals surface area contributed by atoms with Crippen LogP contribution in [-0.4, -0.2) is 52.8 Å². The molecule has 0 atom stereocenters. The molecule has 154 valence electrons. The van der Waals surface area contributed by atoms with Crippen molar-refractivity contribution in [2.24, 2.45) is 0 Å². The van der Waals surface area contributed by atoms with Gasteiger partial charge in [0.1, 0.15) is 0 Å². The molecule has 1 saturated heterocycles. The lowest BCUT2D eigenvalue weighted by Gasteiger charge is -2.31. The number of hydrogen-bond acceptors (Lipinski definition) is 6. The Balaban J connectivity index is 1.52. The zero-order valence-corrected chi connectivity index (χ0v) is 16.9. The van der Waals surface area contributed by atoms with Gasteiger partial charge in [0.05, 0.1) is 6.61 Å². The van der Waals surface area contributed by atoms with Gasteiger partial charge in [-0.15, -0.1) is 10.2 Å². The number of likely N-dealkylation sites (tertiary alicyclic amines) is 1. The van der Waals surface area contributed by atoms with E-state index in [1.54, 1.807) is 24.0 Å². The number of nitrogens with zero attached hydrogens (tertiary/aromatic N) is 3. The number of aromatic nitrogens is 2. The van der Waals surface area contributed by atoms with Gasteiger partial charge in [0.15, 0.2) is 11.5 Å². The highest BCUT2D eigenvalue weighted by Crippen LogP contribution is 2.19. The number of ether oxygens (including phenoxy) is 1. The Morgan fingerprint density at radius 3 is 2.52 bits per heavy atom. The summed E-state index contributed by atoms with van der Waals surface area (Å²) in [5.74, 6) is 0.331. The third-order valence-electron chi connectivity index (χ3n) is 4.91. The van der Waals surface area contributed by atoms with E-state index in [9.17, 15) is 9.59 Å². The molecule has 29 heavy (non-hydrogen) atoms. The number of hydrogen-bond donors (Lipinski definition) is 2. The molecule has 2 heterocycles. The van der Waals surface area contributed by atoms with Gasteiger partial charge in [-0.05, 0) is 49.9 Å². The van der Waals surface area contributed by atoms with Crippen LogP contribution in [0.5, 0.6) is 0 Å². The van der Waals surface area contributed by atoms with Crippen molar-refractivity contribution >= 4 is 23.5 Å². The van der Waals surface area contributed by atoms with Gasteiger partial charge < -0.3 is 20.3 Å². The molecule has 2 aromatic rings. The van der Waals surface area contributed by atoms with Crippen molar-refractivity contribution in [1.82, 2.24) is 20.4 Å². The van der Waals surface area contributed by atoms with Crippen LogP contribution < -0.4 is 10.6 Å². The van der Waals surface area contributed by atoms with Crippen molar-refractivity contribution in [3.05, 3.63) is 47.7 Å². The van der Waals surface area contributed by atoms with Crippen molar-refractivity contribution < 1.29 is 14.3 Å². The minimum Gasteiger partial charge on any atom is -0.450 e. The van der Waals surface area contributed by atoms with E-state index in [1.165, 1.54) is 5.56 Å². The summed E-state index contributed by atoms with van der Waals surface area (Å²) in [4.78, 5) is 25.9. The Kier molecular flexibility index (Phi) is 6.99. The van der Waals surface area contributed by atoms with Crippen molar-refractivity contribution in [3.63, 3.8) is 0 Å². The van der Waals surface area contributed by atoms with Crippen molar-refractivity contribution in [1.29, 1.82) is 0 Å². The molecule has 0 aliphatic carbocycles. The quantitative estimate of drug-likeness (QED) is 0.777. The van der Waals surface area contributed by atoms with E-state index in [2.05, 4.69) is 33.8 Å². The van der Waals surface area contributed by atoms with Gasteiger partial charge in [-0.1, -0.05) is 25.1 Å². The molecule has 1 aliphatic rings. The molecule has 1 fully saturated rings. The van der Waals surface area contributed by atoms with Crippen LogP contribution in [0.25, 0.3) is 0 Å². The summed E-state index contributed by atoms with van der Waals surface area (Å²) in [7, 11) is 0. The molecule has 0 radical (unpaired) electrons. The fraction of sp³-hybridized carbons (Fsp3) is 0.429. The third kappa shape index (κ3) is 5.43. The predicted molar refractivity (Wildman–Crippen MR) is 110 cm³/mol. The van der Waals surface area contributed by atoms with Crippen LogP contribution in [0.15, 0.2) is 36.4 Å². The van der Waals surface area contributed by atoms with E-state index in [1.807, 2.05) is 18.2 Å². The number of aryl methyl sites for hydroxylation is 1. The van der Waals surface area contributed by atoms with Crippen molar-refractivity contribution in [2.75, 3.05) is 25.0 Å². The second-order valence-corrected chi connectivity index (χ2v) is 6.87. The molecule has 1 aromatic carbocycles. The summed E-state index contributed by atoms with van der Waals surface area (Å²) in [6.45, 7) is 5.37. The largest absolute Gasteiger partial charge is 0.450 e. The summed E-state index contributed by atoms with van der Waals surface area (Å²) in [6.07, 6.45) is 1.99. The average molecular weight is 397 g/mol. The van der Waals surface area contributed by atoms with Gasteiger partial charge in [0.2, 0.25) is 0 Å². The van der Waals surface area contributed by atoms with E-state index >= 15 is 0 Å². The molecule has 8 nitrogen and oxygen atoms in total. The number of benzene rings is 1. The molecule has 0 bridgehead atoms. The molecule has 1 aliphatic heterocycles. The van der Waals surface area contributed by atoms with Crippen LogP contribution in [-0.2, 0) is 11.2 Å². The summed E-state index contributed by atoms with van der Waals surface area (Å²) < 4.78 is 5.01. The monoisotopic (exact) mass is 397 g/mol. The molecule has 0 spiro atoms. The maximum absolute atomic E-state index is 12.5. The molecule has 1 aromatic heterocycles. The van der Waals surface area contributed by atoms with Gasteiger partial charge >= 0.3 is 6.09 Å². The molecule has 2 amide bonds. The first-order valence-electron chi connectivity index (χ1n) is 10.0. The highest BCUT2D eigenvalue weighted by atomic mass is 16.6. The van der Waals surface area contributed by atoms with Crippen LogP contribution >= 0.6 is 0 Å². The number of carbonyl (C=O) groups excluding carboxylic acids is 2. The van der Waals surface area contributed by atoms with Gasteiger partial charge in [-0.25, -0.2) is 4.79 Å². The zero-order valence-electron chi connectivity index (χ0n) is 16.9. The average Bonchev–Trinajstić information content (AvgIpc) is 2.75. The van der Waals surface area contributed by atoms with Gasteiger partial charge in [-0.3, -0.25) is 4.79 Å². The summed E-state index contributed by atoms with van der Waals surface area (Å²) >= 11 is 0. The predicted octanol–water partition coefficient (Wildman–Crippen LogP) is 3.13. The highest BCUT2D eigenvalue weighted by molar-refractivity contribution is 5.92. The summed E-state index contributed by atoms with van der Waals surface area (Å²) in [5, 5.41) is 14.4. The second-order valence-electron chi connectivity index (χ2n) is 6.87. The molecule has 8 heteroatoms. The molecule has 2 N–H and O–H groups in total. The molecule has 3 rings (SSSR count). The van der Waals surface area contributed by atoms with E-state index in [-0.39, 0.29) is 23.7 Å². The van der Waals surface area contributed by atoms with Crippen LogP contribution in [0.1, 0.15) is 42.7 Å². The standard InChI is InChI=1S/C21H27N5O3/c1-3-15-7-5-6-8-17(15)23-19-10-9-18(24-25-19)20(27)22-16-11-13-26(14-12-16)21(28)29-4-2/h5-10,16H,3-4,11-14H2,1-2H3,(H,22,27)(H,23,25). The molecule has 0 saturated carbocycles. The van der Waals surface area contributed by atoms with Gasteiger partial charge in [0.25, 0.3) is 5.91 Å². The normalized spacial score (nSPS) is 14.3. The number of piperidine rings is 1.